The van der Waals surface area contributed by atoms with Crippen LogP contribution in [0.25, 0.3) is 0 Å². The minimum atomic E-state index is -0.603. The molecule has 7 heteroatoms. The molecule has 0 saturated carbocycles. The van der Waals surface area contributed by atoms with Crippen molar-refractivity contribution in [3.8, 4) is 11.5 Å². The van der Waals surface area contributed by atoms with Crippen LogP contribution in [0.3, 0.4) is 0 Å². The molecule has 2 N–H and O–H groups in total. The topological polar surface area (TPSA) is 84.9 Å². The summed E-state index contributed by atoms with van der Waals surface area (Å²) in [6.07, 6.45) is 1.04. The lowest BCUT2D eigenvalue weighted by molar-refractivity contribution is -0.138. The lowest BCUT2D eigenvalue weighted by atomic mass is 9.71. The van der Waals surface area contributed by atoms with Gasteiger partial charge in [0.05, 0.1) is 12.2 Å². The Bertz CT molecular complexity index is 1230. The second-order valence-electron chi connectivity index (χ2n) is 9.42. The Labute approximate surface area is 223 Å². The molecule has 2 aromatic rings. The van der Waals surface area contributed by atoms with Crippen molar-refractivity contribution in [2.45, 2.75) is 52.4 Å². The summed E-state index contributed by atoms with van der Waals surface area (Å²) in [4.78, 5) is 27.1. The quantitative estimate of drug-likeness (QED) is 0.321. The molecule has 0 amide bonds. The van der Waals surface area contributed by atoms with Gasteiger partial charge >= 0.3 is 5.97 Å². The number of nitrogens with one attached hydrogen (secondary N) is 1. The first-order chi connectivity index (χ1) is 17.8. The van der Waals surface area contributed by atoms with Crippen molar-refractivity contribution in [1.82, 2.24) is 5.32 Å². The van der Waals surface area contributed by atoms with E-state index in [1.807, 2.05) is 20.8 Å². The molecular weight excluding hydrogens is 486 g/mol. The first kappa shape index (κ1) is 26.9. The minimum absolute atomic E-state index is 0.00898. The Morgan fingerprint density at radius 1 is 1.08 bits per heavy atom. The van der Waals surface area contributed by atoms with Crippen LogP contribution in [0.4, 0.5) is 0 Å². The number of dihydropyridines is 1. The zero-order valence-electron chi connectivity index (χ0n) is 21.9. The number of ether oxygens (including phenoxy) is 2. The summed E-state index contributed by atoms with van der Waals surface area (Å²) in [5.41, 5.74) is 5.57. The Morgan fingerprint density at radius 3 is 2.51 bits per heavy atom. The Kier molecular flexibility index (Phi) is 8.64. The highest BCUT2D eigenvalue weighted by molar-refractivity contribution is 7.99. The first-order valence-electron chi connectivity index (χ1n) is 12.8. The maximum atomic E-state index is 13.8. The number of phenolic OH excluding ortho intramolecular Hbond substituents is 1. The van der Waals surface area contributed by atoms with E-state index in [9.17, 15) is 14.7 Å². The number of Topliss-reactive ketones (excluding diaryl/α,β-unsaturated/α-hetero) is 1. The Balaban J connectivity index is 1.75. The van der Waals surface area contributed by atoms with Crippen molar-refractivity contribution < 1.29 is 24.2 Å². The number of rotatable bonds is 9. The smallest absolute Gasteiger partial charge is 0.336 e. The number of phenols is 1. The molecule has 2 aliphatic rings. The van der Waals surface area contributed by atoms with Gasteiger partial charge in [0.2, 0.25) is 0 Å². The highest BCUT2D eigenvalue weighted by atomic mass is 32.2. The average Bonchev–Trinajstić information content (AvgIpc) is 2.87. The molecule has 0 fully saturated rings. The van der Waals surface area contributed by atoms with Crippen LogP contribution in [0, 0.1) is 6.92 Å². The van der Waals surface area contributed by atoms with Gasteiger partial charge in [0.15, 0.2) is 17.3 Å². The summed E-state index contributed by atoms with van der Waals surface area (Å²) in [5.74, 6) is 1.04. The van der Waals surface area contributed by atoms with Crippen molar-refractivity contribution in [3.05, 3.63) is 81.7 Å². The summed E-state index contributed by atoms with van der Waals surface area (Å²) in [6.45, 7) is 8.50. The number of allylic oxidation sites excluding steroid dienone is 3. The largest absolute Gasteiger partial charge is 0.504 e. The molecule has 1 aliphatic heterocycles. The summed E-state index contributed by atoms with van der Waals surface area (Å²) in [6, 6.07) is 13.4. The minimum Gasteiger partial charge on any atom is -0.504 e. The second kappa shape index (κ2) is 11.9. The number of aryl methyl sites for hydroxylation is 1. The van der Waals surface area contributed by atoms with E-state index in [2.05, 4.69) is 36.5 Å². The highest BCUT2D eigenvalue weighted by Gasteiger charge is 2.41. The van der Waals surface area contributed by atoms with E-state index in [1.165, 1.54) is 5.56 Å². The number of hydrogen-bond acceptors (Lipinski definition) is 7. The maximum Gasteiger partial charge on any atom is 0.336 e. The lowest BCUT2D eigenvalue weighted by Crippen LogP contribution is -2.36. The fourth-order valence-corrected chi connectivity index (χ4v) is 5.60. The van der Waals surface area contributed by atoms with E-state index >= 15 is 0 Å². The number of carbonyl (C=O) groups excluding carboxylic acids is 2. The molecule has 0 saturated heterocycles. The SMILES string of the molecule is CCOc1cc(C2C(C(=O)OCCSCC)=C(C)NC3=C2C(=O)CC(c2ccc(C)cc2)C3)ccc1O. The molecule has 4 rings (SSSR count). The van der Waals surface area contributed by atoms with Crippen LogP contribution >= 0.6 is 11.8 Å². The molecule has 0 spiro atoms. The van der Waals surface area contributed by atoms with E-state index in [0.29, 0.717) is 60.0 Å². The van der Waals surface area contributed by atoms with Crippen molar-refractivity contribution in [3.63, 3.8) is 0 Å². The van der Waals surface area contributed by atoms with Crippen molar-refractivity contribution in [2.24, 2.45) is 0 Å². The molecular formula is C30H35NO5S. The number of carbonyl (C=O) groups is 2. The fraction of sp³-hybridized carbons (Fsp3) is 0.400. The van der Waals surface area contributed by atoms with Gasteiger partial charge in [-0.15, -0.1) is 0 Å². The van der Waals surface area contributed by atoms with Gasteiger partial charge in [-0.3, -0.25) is 4.79 Å². The normalized spacial score (nSPS) is 19.4. The van der Waals surface area contributed by atoms with E-state index in [1.54, 1.807) is 30.0 Å². The third kappa shape index (κ3) is 5.87. The van der Waals surface area contributed by atoms with Crippen LogP contribution < -0.4 is 10.1 Å². The molecule has 0 bridgehead atoms. The summed E-state index contributed by atoms with van der Waals surface area (Å²) in [7, 11) is 0. The summed E-state index contributed by atoms with van der Waals surface area (Å²) >= 11 is 1.70. The third-order valence-electron chi connectivity index (χ3n) is 6.88. The molecule has 6 nitrogen and oxygen atoms in total. The van der Waals surface area contributed by atoms with Crippen LogP contribution in [0.15, 0.2) is 65.0 Å². The van der Waals surface area contributed by atoms with E-state index in [0.717, 1.165) is 17.0 Å². The molecule has 37 heavy (non-hydrogen) atoms. The lowest BCUT2D eigenvalue weighted by Gasteiger charge is -2.36. The van der Waals surface area contributed by atoms with Gasteiger partial charge in [0, 0.05) is 35.1 Å². The van der Waals surface area contributed by atoms with Crippen LogP contribution in [-0.2, 0) is 14.3 Å². The number of hydrogen-bond donors (Lipinski definition) is 2. The fourth-order valence-electron chi connectivity index (χ4n) is 5.11. The standard InChI is InChI=1S/C30H35NO5S/c1-5-35-26-17-21(11-12-24(26)32)28-27(30(34)36-13-14-37-6-2)19(4)31-23-15-22(16-25(33)29(23)28)20-9-7-18(3)8-10-20/h7-12,17,22,28,31-32H,5-6,13-16H2,1-4H3. The molecule has 2 atom stereocenters. The van der Waals surface area contributed by atoms with Gasteiger partial charge in [0.1, 0.15) is 6.61 Å². The Morgan fingerprint density at radius 2 is 1.81 bits per heavy atom. The number of benzene rings is 2. The van der Waals surface area contributed by atoms with Gasteiger partial charge in [0.25, 0.3) is 0 Å². The summed E-state index contributed by atoms with van der Waals surface area (Å²) < 4.78 is 11.3. The van der Waals surface area contributed by atoms with E-state index in [4.69, 9.17) is 9.47 Å². The van der Waals surface area contributed by atoms with Gasteiger partial charge in [-0.25, -0.2) is 4.79 Å². The van der Waals surface area contributed by atoms with Gasteiger partial charge in [-0.2, -0.15) is 11.8 Å². The third-order valence-corrected chi connectivity index (χ3v) is 7.74. The second-order valence-corrected chi connectivity index (χ2v) is 10.8. The van der Waals surface area contributed by atoms with Crippen molar-refractivity contribution >= 4 is 23.5 Å². The monoisotopic (exact) mass is 521 g/mol. The van der Waals surface area contributed by atoms with Crippen LogP contribution in [0.2, 0.25) is 0 Å². The molecule has 0 aromatic heterocycles. The molecule has 0 radical (unpaired) electrons. The van der Waals surface area contributed by atoms with Gasteiger partial charge in [-0.1, -0.05) is 42.8 Å². The number of ketones is 1. The average molecular weight is 522 g/mol. The molecule has 196 valence electrons. The zero-order valence-corrected chi connectivity index (χ0v) is 22.7. The van der Waals surface area contributed by atoms with Crippen LogP contribution in [0.1, 0.15) is 62.1 Å². The zero-order chi connectivity index (χ0) is 26.5. The van der Waals surface area contributed by atoms with E-state index < -0.39 is 11.9 Å². The maximum absolute atomic E-state index is 13.8. The molecule has 1 heterocycles. The van der Waals surface area contributed by atoms with Crippen molar-refractivity contribution in [1.29, 1.82) is 0 Å². The summed E-state index contributed by atoms with van der Waals surface area (Å²) in [5, 5.41) is 13.7. The molecule has 1 aliphatic carbocycles. The predicted molar refractivity (Wildman–Crippen MR) is 147 cm³/mol. The Hall–Kier alpha value is -3.19. The van der Waals surface area contributed by atoms with Gasteiger partial charge < -0.3 is 19.9 Å². The number of thioether (sulfide) groups is 1. The highest BCUT2D eigenvalue weighted by Crippen LogP contribution is 2.47. The number of esters is 1. The first-order valence-corrected chi connectivity index (χ1v) is 14.0. The van der Waals surface area contributed by atoms with E-state index in [-0.39, 0.29) is 17.5 Å². The molecule has 2 unspecified atom stereocenters. The van der Waals surface area contributed by atoms with Gasteiger partial charge in [-0.05, 0) is 62.1 Å². The molecule has 2 aromatic carbocycles. The number of aromatic hydroxyl groups is 1. The predicted octanol–water partition coefficient (Wildman–Crippen LogP) is 5.76. The van der Waals surface area contributed by atoms with Crippen LogP contribution in [0.5, 0.6) is 11.5 Å². The van der Waals surface area contributed by atoms with Crippen molar-refractivity contribution in [2.75, 3.05) is 24.7 Å². The van der Waals surface area contributed by atoms with Crippen LogP contribution in [-0.4, -0.2) is 41.6 Å².